The van der Waals surface area contributed by atoms with Gasteiger partial charge in [0.25, 0.3) is 0 Å². The minimum atomic E-state index is 0.353. The van der Waals surface area contributed by atoms with Crippen molar-refractivity contribution in [1.82, 2.24) is 0 Å². The van der Waals surface area contributed by atoms with Crippen LogP contribution < -0.4 is 0 Å². The highest BCUT2D eigenvalue weighted by molar-refractivity contribution is 5.82. The first-order valence-corrected chi connectivity index (χ1v) is 4.43. The Morgan fingerprint density at radius 2 is 2.36 bits per heavy atom. The first-order chi connectivity index (χ1) is 5.27. The lowest BCUT2D eigenvalue weighted by Gasteiger charge is -2.24. The average molecular weight is 152 g/mol. The topological polar surface area (TPSA) is 17.1 Å². The summed E-state index contributed by atoms with van der Waals surface area (Å²) in [6, 6.07) is 0. The Hall–Kier alpha value is -0.590. The van der Waals surface area contributed by atoms with E-state index in [1.807, 2.05) is 6.08 Å². The van der Waals surface area contributed by atoms with Gasteiger partial charge in [-0.05, 0) is 25.2 Å². The molecule has 0 bridgehead atoms. The molecule has 2 unspecified atom stereocenters. The summed E-state index contributed by atoms with van der Waals surface area (Å²) in [7, 11) is 0. The second kappa shape index (κ2) is 3.70. The zero-order valence-electron chi connectivity index (χ0n) is 7.18. The third-order valence-corrected chi connectivity index (χ3v) is 2.63. The summed E-state index contributed by atoms with van der Waals surface area (Å²) in [5.41, 5.74) is 0. The molecule has 0 spiro atoms. The van der Waals surface area contributed by atoms with Crippen LogP contribution in [0.2, 0.25) is 0 Å². The van der Waals surface area contributed by atoms with Gasteiger partial charge >= 0.3 is 0 Å². The van der Waals surface area contributed by atoms with Gasteiger partial charge in [0.15, 0.2) is 0 Å². The number of carbonyl (C=O) groups excluding carboxylic acids is 1. The maximum absolute atomic E-state index is 11.3. The fourth-order valence-corrected chi connectivity index (χ4v) is 1.74. The third-order valence-electron chi connectivity index (χ3n) is 2.63. The van der Waals surface area contributed by atoms with E-state index >= 15 is 0 Å². The quantitative estimate of drug-likeness (QED) is 0.556. The maximum atomic E-state index is 11.3. The number of rotatable bonds is 2. The molecule has 1 saturated carbocycles. The van der Waals surface area contributed by atoms with E-state index in [-0.39, 0.29) is 0 Å². The van der Waals surface area contributed by atoms with Gasteiger partial charge in [0.1, 0.15) is 5.78 Å². The van der Waals surface area contributed by atoms with Gasteiger partial charge in [0.05, 0.1) is 0 Å². The van der Waals surface area contributed by atoms with Crippen molar-refractivity contribution in [3.05, 3.63) is 12.7 Å². The van der Waals surface area contributed by atoms with Crippen LogP contribution in [0.1, 0.15) is 32.6 Å². The van der Waals surface area contributed by atoms with E-state index in [0.29, 0.717) is 17.6 Å². The van der Waals surface area contributed by atoms with Crippen molar-refractivity contribution in [3.63, 3.8) is 0 Å². The number of allylic oxidation sites excluding steroid dienone is 1. The van der Waals surface area contributed by atoms with Crippen molar-refractivity contribution in [2.45, 2.75) is 32.6 Å². The van der Waals surface area contributed by atoms with Gasteiger partial charge in [-0.2, -0.15) is 0 Å². The first-order valence-electron chi connectivity index (χ1n) is 4.43. The fourth-order valence-electron chi connectivity index (χ4n) is 1.74. The highest BCUT2D eigenvalue weighted by Gasteiger charge is 2.25. The second-order valence-electron chi connectivity index (χ2n) is 3.35. The molecule has 1 heteroatoms. The van der Waals surface area contributed by atoms with Crippen LogP contribution in [0.15, 0.2) is 12.7 Å². The molecule has 1 nitrogen and oxygen atoms in total. The zero-order valence-corrected chi connectivity index (χ0v) is 7.18. The Balaban J connectivity index is 2.47. The molecular weight excluding hydrogens is 136 g/mol. The van der Waals surface area contributed by atoms with Crippen LogP contribution >= 0.6 is 0 Å². The van der Waals surface area contributed by atoms with Crippen molar-refractivity contribution in [1.29, 1.82) is 0 Å². The molecule has 1 aliphatic rings. The molecule has 0 saturated heterocycles. The summed E-state index contributed by atoms with van der Waals surface area (Å²) < 4.78 is 0. The van der Waals surface area contributed by atoms with Gasteiger partial charge in [0, 0.05) is 12.3 Å². The summed E-state index contributed by atoms with van der Waals surface area (Å²) in [6.45, 7) is 5.81. The van der Waals surface area contributed by atoms with Gasteiger partial charge in [0.2, 0.25) is 0 Å². The summed E-state index contributed by atoms with van der Waals surface area (Å²) >= 11 is 0. The molecule has 0 aromatic heterocycles. The predicted octanol–water partition coefficient (Wildman–Crippen LogP) is 2.57. The van der Waals surface area contributed by atoms with Gasteiger partial charge < -0.3 is 0 Å². The maximum Gasteiger partial charge on any atom is 0.136 e. The lowest BCUT2D eigenvalue weighted by atomic mass is 9.80. The molecule has 0 aromatic rings. The summed E-state index contributed by atoms with van der Waals surface area (Å²) in [4.78, 5) is 11.3. The minimum Gasteiger partial charge on any atom is -0.299 e. The first kappa shape index (κ1) is 8.51. The van der Waals surface area contributed by atoms with Crippen LogP contribution in [0, 0.1) is 11.8 Å². The van der Waals surface area contributed by atoms with E-state index in [2.05, 4.69) is 13.5 Å². The molecule has 1 fully saturated rings. The van der Waals surface area contributed by atoms with E-state index in [1.165, 1.54) is 0 Å². The molecule has 1 rings (SSSR count). The Labute approximate surface area is 68.5 Å². The van der Waals surface area contributed by atoms with Crippen LogP contribution in [0.5, 0.6) is 0 Å². The van der Waals surface area contributed by atoms with E-state index in [4.69, 9.17) is 0 Å². The van der Waals surface area contributed by atoms with E-state index in [1.54, 1.807) is 0 Å². The molecule has 11 heavy (non-hydrogen) atoms. The van der Waals surface area contributed by atoms with Crippen molar-refractivity contribution < 1.29 is 4.79 Å². The largest absolute Gasteiger partial charge is 0.299 e. The molecule has 2 atom stereocenters. The average Bonchev–Trinajstić information content (AvgIpc) is 2.04. The smallest absolute Gasteiger partial charge is 0.136 e. The van der Waals surface area contributed by atoms with Crippen molar-refractivity contribution in [2.24, 2.45) is 11.8 Å². The number of ketones is 1. The standard InChI is InChI=1S/C10H16O/c1-3-8-5-6-9(4-2)10(11)7-8/h3,8-9H,1,4-7H2,2H3. The molecule has 0 amide bonds. The van der Waals surface area contributed by atoms with E-state index in [0.717, 1.165) is 25.7 Å². The van der Waals surface area contributed by atoms with Crippen LogP contribution in [0.3, 0.4) is 0 Å². The highest BCUT2D eigenvalue weighted by Crippen LogP contribution is 2.28. The molecular formula is C10H16O. The molecule has 62 valence electrons. The minimum absolute atomic E-state index is 0.353. The van der Waals surface area contributed by atoms with E-state index in [9.17, 15) is 4.79 Å². The summed E-state index contributed by atoms with van der Waals surface area (Å²) in [5.74, 6) is 1.26. The normalized spacial score (nSPS) is 31.9. The van der Waals surface area contributed by atoms with Gasteiger partial charge in [-0.1, -0.05) is 13.0 Å². The van der Waals surface area contributed by atoms with Crippen molar-refractivity contribution in [2.75, 3.05) is 0 Å². The fraction of sp³-hybridized carbons (Fsp3) is 0.700. The van der Waals surface area contributed by atoms with E-state index < -0.39 is 0 Å². The van der Waals surface area contributed by atoms with Crippen LogP contribution in [0.4, 0.5) is 0 Å². The molecule has 0 aliphatic heterocycles. The Morgan fingerprint density at radius 3 is 2.82 bits per heavy atom. The lowest BCUT2D eigenvalue weighted by molar-refractivity contribution is -0.125. The summed E-state index contributed by atoms with van der Waals surface area (Å²) in [6.07, 6.45) is 5.91. The van der Waals surface area contributed by atoms with Crippen LogP contribution in [-0.4, -0.2) is 5.78 Å². The SMILES string of the molecule is C=CC1CCC(CC)C(=O)C1. The Kier molecular flexibility index (Phi) is 2.86. The monoisotopic (exact) mass is 152 g/mol. The van der Waals surface area contributed by atoms with Crippen molar-refractivity contribution >= 4 is 5.78 Å². The number of carbonyl (C=O) groups is 1. The zero-order chi connectivity index (χ0) is 8.27. The summed E-state index contributed by atoms with van der Waals surface area (Å²) in [5, 5.41) is 0. The molecule has 0 N–H and O–H groups in total. The van der Waals surface area contributed by atoms with Crippen molar-refractivity contribution in [3.8, 4) is 0 Å². The Bertz CT molecular complexity index is 160. The number of Topliss-reactive ketones (excluding diaryl/α,β-unsaturated/α-hetero) is 1. The second-order valence-corrected chi connectivity index (χ2v) is 3.35. The molecule has 1 aliphatic carbocycles. The Morgan fingerprint density at radius 1 is 1.64 bits per heavy atom. The number of hydrogen-bond donors (Lipinski definition) is 0. The van der Waals surface area contributed by atoms with Gasteiger partial charge in [-0.25, -0.2) is 0 Å². The predicted molar refractivity (Wildman–Crippen MR) is 46.3 cm³/mol. The van der Waals surface area contributed by atoms with Crippen LogP contribution in [-0.2, 0) is 4.79 Å². The number of hydrogen-bond acceptors (Lipinski definition) is 1. The third kappa shape index (κ3) is 1.92. The molecule has 0 aromatic carbocycles. The van der Waals surface area contributed by atoms with Gasteiger partial charge in [-0.15, -0.1) is 6.58 Å². The lowest BCUT2D eigenvalue weighted by Crippen LogP contribution is -2.23. The van der Waals surface area contributed by atoms with Gasteiger partial charge in [-0.3, -0.25) is 4.79 Å². The highest BCUT2D eigenvalue weighted by atomic mass is 16.1. The molecule has 0 heterocycles. The molecule has 0 radical (unpaired) electrons. The van der Waals surface area contributed by atoms with Crippen LogP contribution in [0.25, 0.3) is 0 Å².